The second-order valence-electron chi connectivity index (χ2n) is 13.5. The zero-order valence-electron chi connectivity index (χ0n) is 21.2. The van der Waals surface area contributed by atoms with E-state index in [9.17, 15) is 5.11 Å². The van der Waals surface area contributed by atoms with Crippen LogP contribution in [0.2, 0.25) is 0 Å². The number of aliphatic hydroxyl groups excluding tert-OH is 1. The quantitative estimate of drug-likeness (QED) is 0.499. The number of nitrogens with zero attached hydrogens (tertiary/aromatic N) is 1. The summed E-state index contributed by atoms with van der Waals surface area (Å²) >= 11 is 0. The molecule has 31 heavy (non-hydrogen) atoms. The first-order chi connectivity index (χ1) is 14.7. The van der Waals surface area contributed by atoms with Crippen molar-refractivity contribution in [2.45, 2.75) is 111 Å². The van der Waals surface area contributed by atoms with Gasteiger partial charge in [-0.2, -0.15) is 0 Å². The largest absolute Gasteiger partial charge is 0.393 e. The number of piperidine rings is 1. The first kappa shape index (κ1) is 22.5. The molecule has 7 atom stereocenters. The van der Waals surface area contributed by atoms with E-state index in [0.29, 0.717) is 16.7 Å². The maximum atomic E-state index is 10.8. The molecule has 0 spiro atoms. The highest BCUT2D eigenvalue weighted by atomic mass is 16.3. The summed E-state index contributed by atoms with van der Waals surface area (Å²) in [6.45, 7) is 16.6. The molecule has 0 aromatic heterocycles. The average molecular weight is 428 g/mol. The van der Waals surface area contributed by atoms with Crippen LogP contribution >= 0.6 is 0 Å². The van der Waals surface area contributed by atoms with E-state index in [1.54, 1.807) is 0 Å². The van der Waals surface area contributed by atoms with Crippen LogP contribution in [0.25, 0.3) is 0 Å². The second kappa shape index (κ2) is 7.86. The highest BCUT2D eigenvalue weighted by molar-refractivity contribution is 5.35. The van der Waals surface area contributed by atoms with Gasteiger partial charge in [0.25, 0.3) is 0 Å². The molecule has 0 amide bonds. The molecule has 4 aliphatic carbocycles. The van der Waals surface area contributed by atoms with Gasteiger partial charge < -0.3 is 10.0 Å². The van der Waals surface area contributed by atoms with Gasteiger partial charge in [0, 0.05) is 6.54 Å². The van der Waals surface area contributed by atoms with Gasteiger partial charge in [0.1, 0.15) is 0 Å². The number of allylic oxidation sites excluding steroid dienone is 2. The molecule has 0 bridgehead atoms. The fourth-order valence-corrected chi connectivity index (χ4v) is 9.96. The topological polar surface area (TPSA) is 23.5 Å². The lowest BCUT2D eigenvalue weighted by Gasteiger charge is -2.61. The number of fused-ring (bicyclic) bond motifs is 4. The van der Waals surface area contributed by atoms with Crippen molar-refractivity contribution in [1.82, 2.24) is 4.90 Å². The maximum Gasteiger partial charge on any atom is 0.0594 e. The third-order valence-electron chi connectivity index (χ3n) is 11.7. The Morgan fingerprint density at radius 1 is 0.935 bits per heavy atom. The molecule has 1 N–H and O–H groups in total. The molecular formula is C29H49NO. The summed E-state index contributed by atoms with van der Waals surface area (Å²) in [6.07, 6.45) is 14.6. The number of hydrogen-bond donors (Lipinski definition) is 1. The van der Waals surface area contributed by atoms with Crippen LogP contribution in [0.1, 0.15) is 105 Å². The molecule has 5 rings (SSSR count). The standard InChI is InChI=1S/C29H49NO/c1-20(19-30-17-7-6-8-18-30)22-10-11-23-21-9-12-25-27(2,3)26(31)14-16-29(25,5)24(21)13-15-28(22,23)4/h20,22,24-26,31H,6-19H2,1-5H3. The Hall–Kier alpha value is -0.340. The van der Waals surface area contributed by atoms with Crippen molar-refractivity contribution in [3.8, 4) is 0 Å². The lowest BCUT2D eigenvalue weighted by Crippen LogP contribution is -2.56. The summed E-state index contributed by atoms with van der Waals surface area (Å²) in [5.41, 5.74) is 4.77. The van der Waals surface area contributed by atoms with Crippen molar-refractivity contribution in [2.75, 3.05) is 19.6 Å². The number of hydrogen-bond acceptors (Lipinski definition) is 2. The van der Waals surface area contributed by atoms with Gasteiger partial charge in [-0.05, 0) is 117 Å². The number of rotatable bonds is 3. The minimum absolute atomic E-state index is 0.0745. The molecule has 4 fully saturated rings. The highest BCUT2D eigenvalue weighted by Crippen LogP contribution is 2.68. The van der Waals surface area contributed by atoms with Crippen LogP contribution in [0.4, 0.5) is 0 Å². The molecule has 1 aliphatic heterocycles. The lowest BCUT2D eigenvalue weighted by atomic mass is 9.44. The number of likely N-dealkylation sites (tertiary alicyclic amines) is 1. The summed E-state index contributed by atoms with van der Waals surface area (Å²) < 4.78 is 0. The lowest BCUT2D eigenvalue weighted by molar-refractivity contribution is -0.128. The smallest absolute Gasteiger partial charge is 0.0594 e. The zero-order valence-corrected chi connectivity index (χ0v) is 21.2. The second-order valence-corrected chi connectivity index (χ2v) is 13.5. The summed E-state index contributed by atoms with van der Waals surface area (Å²) in [7, 11) is 0. The van der Waals surface area contributed by atoms with Crippen molar-refractivity contribution >= 4 is 0 Å². The molecule has 5 aliphatic rings. The SMILES string of the molecule is CC(CN1CCCCC1)C1CCC2=C3CCC4C(C)(C)C(O)CCC4(C)C3CCC21C. The van der Waals surface area contributed by atoms with Crippen LogP contribution in [-0.2, 0) is 0 Å². The molecule has 176 valence electrons. The van der Waals surface area contributed by atoms with Crippen LogP contribution in [0, 0.1) is 39.9 Å². The van der Waals surface area contributed by atoms with Gasteiger partial charge in [-0.3, -0.25) is 0 Å². The number of aliphatic hydroxyl groups is 1. The van der Waals surface area contributed by atoms with E-state index in [4.69, 9.17) is 0 Å². The summed E-state index contributed by atoms with van der Waals surface area (Å²) in [4.78, 5) is 2.77. The molecule has 0 aromatic rings. The highest BCUT2D eigenvalue weighted by Gasteiger charge is 2.59. The molecular weight excluding hydrogens is 378 g/mol. The molecule has 1 heterocycles. The first-order valence-corrected chi connectivity index (χ1v) is 13.8. The van der Waals surface area contributed by atoms with Crippen LogP contribution in [0.5, 0.6) is 0 Å². The minimum Gasteiger partial charge on any atom is -0.393 e. The van der Waals surface area contributed by atoms with Crippen molar-refractivity contribution < 1.29 is 5.11 Å². The third kappa shape index (κ3) is 3.40. The molecule has 3 saturated carbocycles. The Kier molecular flexibility index (Phi) is 5.70. The monoisotopic (exact) mass is 427 g/mol. The minimum atomic E-state index is -0.111. The van der Waals surface area contributed by atoms with E-state index in [-0.39, 0.29) is 11.5 Å². The Morgan fingerprint density at radius 2 is 1.68 bits per heavy atom. The van der Waals surface area contributed by atoms with E-state index >= 15 is 0 Å². The third-order valence-corrected chi connectivity index (χ3v) is 11.7. The van der Waals surface area contributed by atoms with Gasteiger partial charge >= 0.3 is 0 Å². The fraction of sp³-hybridized carbons (Fsp3) is 0.931. The van der Waals surface area contributed by atoms with E-state index in [1.165, 1.54) is 83.8 Å². The normalized spacial score (nSPS) is 46.3. The van der Waals surface area contributed by atoms with Crippen LogP contribution in [0.15, 0.2) is 11.1 Å². The molecule has 0 aromatic carbocycles. The maximum absolute atomic E-state index is 10.8. The summed E-state index contributed by atoms with van der Waals surface area (Å²) in [5.74, 6) is 3.18. The Balaban J connectivity index is 1.39. The molecule has 2 nitrogen and oxygen atoms in total. The Labute approximate surface area is 192 Å². The fourth-order valence-electron chi connectivity index (χ4n) is 9.96. The van der Waals surface area contributed by atoms with Crippen LogP contribution < -0.4 is 0 Å². The molecule has 2 heteroatoms. The summed E-state index contributed by atoms with van der Waals surface area (Å²) in [6, 6.07) is 0. The van der Waals surface area contributed by atoms with Gasteiger partial charge in [-0.25, -0.2) is 0 Å². The van der Waals surface area contributed by atoms with Crippen molar-refractivity contribution in [1.29, 1.82) is 0 Å². The van der Waals surface area contributed by atoms with E-state index in [2.05, 4.69) is 39.5 Å². The first-order valence-electron chi connectivity index (χ1n) is 13.8. The van der Waals surface area contributed by atoms with Crippen LogP contribution in [0.3, 0.4) is 0 Å². The molecule has 0 radical (unpaired) electrons. The van der Waals surface area contributed by atoms with Gasteiger partial charge in [-0.15, -0.1) is 0 Å². The zero-order chi connectivity index (χ0) is 22.0. The van der Waals surface area contributed by atoms with E-state index < -0.39 is 0 Å². The molecule has 1 saturated heterocycles. The molecule has 7 unspecified atom stereocenters. The van der Waals surface area contributed by atoms with Crippen molar-refractivity contribution in [2.24, 2.45) is 39.9 Å². The predicted molar refractivity (Wildman–Crippen MR) is 130 cm³/mol. The van der Waals surface area contributed by atoms with Gasteiger partial charge in [0.15, 0.2) is 0 Å². The van der Waals surface area contributed by atoms with Gasteiger partial charge in [0.05, 0.1) is 6.10 Å². The van der Waals surface area contributed by atoms with Gasteiger partial charge in [0.2, 0.25) is 0 Å². The van der Waals surface area contributed by atoms with Crippen LogP contribution in [-0.4, -0.2) is 35.7 Å². The van der Waals surface area contributed by atoms with E-state index in [1.807, 2.05) is 11.1 Å². The summed E-state index contributed by atoms with van der Waals surface area (Å²) in [5, 5.41) is 10.8. The Bertz CT molecular complexity index is 718. The van der Waals surface area contributed by atoms with Crippen molar-refractivity contribution in [3.05, 3.63) is 11.1 Å². The van der Waals surface area contributed by atoms with Crippen molar-refractivity contribution in [3.63, 3.8) is 0 Å². The van der Waals surface area contributed by atoms with E-state index in [0.717, 1.165) is 24.2 Å². The predicted octanol–water partition coefficient (Wildman–Crippen LogP) is 6.83. The Morgan fingerprint density at radius 3 is 2.42 bits per heavy atom. The van der Waals surface area contributed by atoms with Gasteiger partial charge in [-0.1, -0.05) is 52.2 Å². The average Bonchev–Trinajstić information content (AvgIpc) is 3.09.